The topological polar surface area (TPSA) is 20.3 Å². The lowest BCUT2D eigenvalue weighted by atomic mass is 9.62. The highest BCUT2D eigenvalue weighted by Crippen LogP contribution is 2.45. The number of likely N-dealkylation sites (tertiary alicyclic amines) is 1. The lowest BCUT2D eigenvalue weighted by molar-refractivity contribution is -0.141. The molecule has 1 aliphatic carbocycles. The van der Waals surface area contributed by atoms with Crippen LogP contribution in [0.4, 0.5) is 0 Å². The molecular formula is C18H26BrNO. The maximum Gasteiger partial charge on any atom is 0.141 e. The van der Waals surface area contributed by atoms with Crippen LogP contribution < -0.4 is 0 Å². The van der Waals surface area contributed by atoms with Gasteiger partial charge in [-0.1, -0.05) is 49.6 Å². The molecule has 0 N–H and O–H groups in total. The van der Waals surface area contributed by atoms with Crippen LogP contribution in [0.15, 0.2) is 30.3 Å². The number of carbonyl (C=O) groups excluding carboxylic acids is 1. The first-order valence-electron chi connectivity index (χ1n) is 8.00. The number of hydrogen-bond donors (Lipinski definition) is 0. The van der Waals surface area contributed by atoms with Gasteiger partial charge in [-0.05, 0) is 31.9 Å². The second kappa shape index (κ2) is 7.06. The van der Waals surface area contributed by atoms with Crippen molar-refractivity contribution >= 4 is 22.8 Å². The van der Waals surface area contributed by atoms with Crippen LogP contribution >= 0.6 is 17.0 Å². The van der Waals surface area contributed by atoms with Crippen LogP contribution in [-0.4, -0.2) is 30.3 Å². The van der Waals surface area contributed by atoms with Gasteiger partial charge < -0.3 is 4.90 Å². The van der Waals surface area contributed by atoms with Gasteiger partial charge in [-0.25, -0.2) is 0 Å². The monoisotopic (exact) mass is 351 g/mol. The van der Waals surface area contributed by atoms with Gasteiger partial charge in [0.25, 0.3) is 0 Å². The van der Waals surface area contributed by atoms with Gasteiger partial charge in [-0.2, -0.15) is 0 Å². The van der Waals surface area contributed by atoms with E-state index in [9.17, 15) is 4.79 Å². The fourth-order valence-corrected chi connectivity index (χ4v) is 4.27. The number of rotatable bonds is 2. The third-order valence-corrected chi connectivity index (χ3v) is 5.43. The number of hydrogen-bond acceptors (Lipinski definition) is 2. The Balaban J connectivity index is 0.00000161. The van der Waals surface area contributed by atoms with E-state index in [4.69, 9.17) is 0 Å². The minimum atomic E-state index is -0.0545. The zero-order chi connectivity index (χ0) is 14.0. The maximum absolute atomic E-state index is 12.7. The van der Waals surface area contributed by atoms with E-state index in [2.05, 4.69) is 42.3 Å². The molecule has 0 aromatic heterocycles. The van der Waals surface area contributed by atoms with Crippen molar-refractivity contribution in [3.05, 3.63) is 35.9 Å². The van der Waals surface area contributed by atoms with E-state index in [1.165, 1.54) is 24.8 Å². The third kappa shape index (κ3) is 3.24. The Morgan fingerprint density at radius 3 is 2.48 bits per heavy atom. The van der Waals surface area contributed by atoms with Gasteiger partial charge >= 0.3 is 0 Å². The predicted molar refractivity (Wildman–Crippen MR) is 92.0 cm³/mol. The van der Waals surface area contributed by atoms with E-state index < -0.39 is 0 Å². The Bertz CT molecular complexity index is 467. The van der Waals surface area contributed by atoms with Gasteiger partial charge in [-0.15, -0.1) is 17.0 Å². The Labute approximate surface area is 138 Å². The number of benzene rings is 1. The molecule has 1 aromatic carbocycles. The van der Waals surface area contributed by atoms with Gasteiger partial charge in [0.1, 0.15) is 5.78 Å². The van der Waals surface area contributed by atoms with E-state index >= 15 is 0 Å². The molecule has 0 radical (unpaired) electrons. The highest BCUT2D eigenvalue weighted by molar-refractivity contribution is 8.93. The van der Waals surface area contributed by atoms with E-state index in [1.807, 2.05) is 0 Å². The molecule has 2 fully saturated rings. The molecule has 1 atom stereocenters. The normalized spacial score (nSPS) is 25.6. The Kier molecular flexibility index (Phi) is 5.61. The molecule has 2 nitrogen and oxygen atoms in total. The average molecular weight is 352 g/mol. The van der Waals surface area contributed by atoms with Crippen molar-refractivity contribution in [2.24, 2.45) is 5.41 Å². The molecule has 1 aromatic rings. The lowest BCUT2D eigenvalue weighted by Crippen LogP contribution is -2.57. The van der Waals surface area contributed by atoms with E-state index in [1.54, 1.807) is 0 Å². The number of Topliss-reactive ketones (excluding diaryl/α,β-unsaturated/α-hetero) is 1. The summed E-state index contributed by atoms with van der Waals surface area (Å²) in [4.78, 5) is 15.1. The van der Waals surface area contributed by atoms with Crippen molar-refractivity contribution in [1.82, 2.24) is 4.90 Å². The van der Waals surface area contributed by atoms with Crippen molar-refractivity contribution in [2.75, 3.05) is 13.6 Å². The summed E-state index contributed by atoms with van der Waals surface area (Å²) in [7, 11) is 2.20. The minimum absolute atomic E-state index is 0. The highest BCUT2D eigenvalue weighted by atomic mass is 79.9. The molecule has 21 heavy (non-hydrogen) atoms. The molecule has 1 unspecified atom stereocenters. The fourth-order valence-electron chi connectivity index (χ4n) is 4.27. The number of likely N-dealkylation sites (N-methyl/N-ethyl adjacent to an activating group) is 1. The maximum atomic E-state index is 12.7. The second-order valence-corrected chi connectivity index (χ2v) is 6.58. The molecule has 0 amide bonds. The summed E-state index contributed by atoms with van der Waals surface area (Å²) < 4.78 is 0. The SMILES string of the molecule is Br.CN1CCC(=O)C2(CCCCC2)C1Cc1ccccc1. The zero-order valence-corrected chi connectivity index (χ0v) is 14.6. The molecule has 1 saturated carbocycles. The van der Waals surface area contributed by atoms with Crippen LogP contribution in [0.25, 0.3) is 0 Å². The van der Waals surface area contributed by atoms with E-state index in [0.29, 0.717) is 11.8 Å². The van der Waals surface area contributed by atoms with Crippen molar-refractivity contribution in [3.8, 4) is 0 Å². The molecule has 3 heteroatoms. The molecule has 2 aliphatic rings. The van der Waals surface area contributed by atoms with Crippen molar-refractivity contribution in [3.63, 3.8) is 0 Å². The Morgan fingerprint density at radius 2 is 1.81 bits per heavy atom. The van der Waals surface area contributed by atoms with Crippen LogP contribution in [0.2, 0.25) is 0 Å². The molecule has 1 spiro atoms. The molecule has 1 aliphatic heterocycles. The predicted octanol–water partition coefficient (Wildman–Crippen LogP) is 4.03. The van der Waals surface area contributed by atoms with E-state index in [-0.39, 0.29) is 22.4 Å². The van der Waals surface area contributed by atoms with Crippen LogP contribution in [0, 0.1) is 5.41 Å². The van der Waals surface area contributed by atoms with Crippen molar-refractivity contribution < 1.29 is 4.79 Å². The standard InChI is InChI=1S/C18H25NO.BrH/c1-19-13-10-17(20)18(11-6-3-7-12-18)16(19)14-15-8-4-2-5-9-15;/h2,4-5,8-9,16H,3,6-7,10-14H2,1H3;1H. The van der Waals surface area contributed by atoms with Gasteiger partial charge in [0, 0.05) is 24.4 Å². The summed E-state index contributed by atoms with van der Waals surface area (Å²) in [5.41, 5.74) is 1.31. The van der Waals surface area contributed by atoms with Crippen molar-refractivity contribution in [1.29, 1.82) is 0 Å². The summed E-state index contributed by atoms with van der Waals surface area (Å²) in [6.45, 7) is 0.929. The summed E-state index contributed by atoms with van der Waals surface area (Å²) in [6.07, 6.45) is 7.73. The molecule has 3 rings (SSSR count). The number of piperidine rings is 1. The molecule has 116 valence electrons. The number of halogens is 1. The van der Waals surface area contributed by atoms with Gasteiger partial charge in [0.15, 0.2) is 0 Å². The first-order valence-corrected chi connectivity index (χ1v) is 8.00. The lowest BCUT2D eigenvalue weighted by Gasteiger charge is -2.50. The molecular weight excluding hydrogens is 326 g/mol. The second-order valence-electron chi connectivity index (χ2n) is 6.58. The summed E-state index contributed by atoms with van der Waals surface area (Å²) in [6, 6.07) is 11.1. The van der Waals surface area contributed by atoms with Gasteiger partial charge in [0.05, 0.1) is 0 Å². The van der Waals surface area contributed by atoms with Crippen LogP contribution in [-0.2, 0) is 11.2 Å². The largest absolute Gasteiger partial charge is 0.302 e. The first-order chi connectivity index (χ1) is 9.72. The van der Waals surface area contributed by atoms with Gasteiger partial charge in [0.2, 0.25) is 0 Å². The quantitative estimate of drug-likeness (QED) is 0.801. The Morgan fingerprint density at radius 1 is 1.14 bits per heavy atom. The Hall–Kier alpha value is -0.670. The third-order valence-electron chi connectivity index (χ3n) is 5.43. The van der Waals surface area contributed by atoms with Crippen LogP contribution in [0.1, 0.15) is 44.1 Å². The zero-order valence-electron chi connectivity index (χ0n) is 12.9. The summed E-state index contributed by atoms with van der Waals surface area (Å²) in [5, 5.41) is 0. The molecule has 1 saturated heterocycles. The minimum Gasteiger partial charge on any atom is -0.302 e. The van der Waals surface area contributed by atoms with Gasteiger partial charge in [-0.3, -0.25) is 4.79 Å². The smallest absolute Gasteiger partial charge is 0.141 e. The van der Waals surface area contributed by atoms with Crippen LogP contribution in [0.5, 0.6) is 0 Å². The van der Waals surface area contributed by atoms with E-state index in [0.717, 1.165) is 32.2 Å². The molecule has 0 bridgehead atoms. The summed E-state index contributed by atoms with van der Waals surface area (Å²) in [5.74, 6) is 0.538. The highest BCUT2D eigenvalue weighted by Gasteiger charge is 2.49. The average Bonchev–Trinajstić information content (AvgIpc) is 2.50. The van der Waals surface area contributed by atoms with Crippen molar-refractivity contribution in [2.45, 2.75) is 51.0 Å². The number of nitrogens with zero attached hydrogens (tertiary/aromatic N) is 1. The first kappa shape index (κ1) is 16.7. The number of ketones is 1. The summed E-state index contributed by atoms with van der Waals surface area (Å²) >= 11 is 0. The number of carbonyl (C=O) groups is 1. The molecule has 1 heterocycles. The van der Waals surface area contributed by atoms with Crippen LogP contribution in [0.3, 0.4) is 0 Å². The fraction of sp³-hybridized carbons (Fsp3) is 0.611.